The molecule has 0 N–H and O–H groups in total. The maximum atomic E-state index is 6.43. The van der Waals surface area contributed by atoms with E-state index in [9.17, 15) is 0 Å². The lowest BCUT2D eigenvalue weighted by atomic mass is 10.8. The zero-order chi connectivity index (χ0) is 15.5. The van der Waals surface area contributed by atoms with Crippen LogP contribution in [0.25, 0.3) is 0 Å². The number of rotatable bonds is 7. The first-order valence-electron chi connectivity index (χ1n) is 6.92. The molecule has 19 heavy (non-hydrogen) atoms. The summed E-state index contributed by atoms with van der Waals surface area (Å²) in [6.07, 6.45) is 2.02. The fourth-order valence-corrected chi connectivity index (χ4v) is 14.7. The van der Waals surface area contributed by atoms with Crippen LogP contribution in [0.4, 0.5) is 0 Å². The smallest absolute Gasteiger partial charge is 0.414 e. The lowest BCUT2D eigenvalue weighted by molar-refractivity contribution is 0.271. The Hall–Kier alpha value is 0.488. The molecule has 0 amide bonds. The molecule has 0 bridgehead atoms. The molecule has 0 aromatic rings. The molecule has 0 atom stereocenters. The summed E-state index contributed by atoms with van der Waals surface area (Å²) >= 11 is 0. The van der Waals surface area contributed by atoms with Crippen LogP contribution in [0.5, 0.6) is 0 Å². The second-order valence-corrected chi connectivity index (χ2v) is 24.4. The molecule has 0 aromatic carbocycles. The Bertz CT molecular complexity index is 270. The van der Waals surface area contributed by atoms with Gasteiger partial charge in [0, 0.05) is 0 Å². The Balaban J connectivity index is 5.47. The highest BCUT2D eigenvalue weighted by molar-refractivity contribution is 6.92. The van der Waals surface area contributed by atoms with E-state index in [0.717, 1.165) is 0 Å². The number of allylic oxidation sites excluding steroid dienone is 1. The second-order valence-electron chi connectivity index (χ2n) is 7.75. The number of hydrogen-bond donors (Lipinski definition) is 0. The van der Waals surface area contributed by atoms with E-state index in [4.69, 9.17) is 12.3 Å². The summed E-state index contributed by atoms with van der Waals surface area (Å²) in [4.78, 5) is 0. The van der Waals surface area contributed by atoms with Crippen LogP contribution in [0.3, 0.4) is 0 Å². The van der Waals surface area contributed by atoms with Crippen molar-refractivity contribution in [1.29, 1.82) is 0 Å². The van der Waals surface area contributed by atoms with Crippen LogP contribution in [0.15, 0.2) is 11.8 Å². The Morgan fingerprint density at radius 3 is 1.00 bits per heavy atom. The highest BCUT2D eigenvalue weighted by Crippen LogP contribution is 2.26. The van der Waals surface area contributed by atoms with E-state index in [2.05, 4.69) is 64.6 Å². The first-order chi connectivity index (χ1) is 8.18. The maximum Gasteiger partial charge on any atom is 0.497 e. The molecule has 0 aliphatic heterocycles. The lowest BCUT2D eigenvalue weighted by Crippen LogP contribution is -2.59. The van der Waals surface area contributed by atoms with Crippen LogP contribution in [0, 0.1) is 0 Å². The van der Waals surface area contributed by atoms with Gasteiger partial charge in [-0.15, -0.1) is 0 Å². The van der Waals surface area contributed by atoms with Crippen LogP contribution >= 0.6 is 0 Å². The summed E-state index contributed by atoms with van der Waals surface area (Å²) in [6, 6.07) is 0. The van der Waals surface area contributed by atoms with E-state index in [1.807, 2.05) is 13.0 Å². The third-order valence-corrected chi connectivity index (χ3v) is 13.2. The van der Waals surface area contributed by atoms with Crippen molar-refractivity contribution in [2.45, 2.75) is 65.8 Å². The Morgan fingerprint density at radius 2 is 0.842 bits per heavy atom. The summed E-state index contributed by atoms with van der Waals surface area (Å²) in [6.45, 7) is 21.8. The van der Waals surface area contributed by atoms with Crippen LogP contribution in [-0.4, -0.2) is 33.8 Å². The Morgan fingerprint density at radius 1 is 0.579 bits per heavy atom. The highest BCUT2D eigenvalue weighted by atomic mass is 28.5. The normalized spacial score (nSPS) is 15.3. The van der Waals surface area contributed by atoms with Crippen LogP contribution < -0.4 is 0 Å². The molecule has 3 nitrogen and oxygen atoms in total. The van der Waals surface area contributed by atoms with Crippen LogP contribution in [0.1, 0.15) is 6.92 Å². The number of hydrogen-bond acceptors (Lipinski definition) is 3. The maximum absolute atomic E-state index is 6.43. The largest absolute Gasteiger partial charge is 0.497 e. The van der Waals surface area contributed by atoms with Crippen molar-refractivity contribution in [1.82, 2.24) is 0 Å². The van der Waals surface area contributed by atoms with Crippen molar-refractivity contribution >= 4 is 33.8 Å². The van der Waals surface area contributed by atoms with Gasteiger partial charge in [-0.25, -0.2) is 0 Å². The first-order valence-corrected chi connectivity index (χ1v) is 19.0. The fraction of sp³-hybridized carbons (Fsp3) is 0.833. The zero-order valence-electron chi connectivity index (χ0n) is 14.4. The van der Waals surface area contributed by atoms with Gasteiger partial charge in [-0.2, -0.15) is 0 Å². The molecular formula is C12H32O3Si4. The molecule has 0 unspecified atom stereocenters. The molecule has 0 radical (unpaired) electrons. The molecule has 0 fully saturated rings. The summed E-state index contributed by atoms with van der Waals surface area (Å²) in [5.41, 5.74) is 2.07. The van der Waals surface area contributed by atoms with Gasteiger partial charge in [0.1, 0.15) is 0 Å². The third kappa shape index (κ3) is 9.94. The van der Waals surface area contributed by atoms with Crippen molar-refractivity contribution in [3.63, 3.8) is 0 Å². The minimum Gasteiger partial charge on any atom is -0.414 e. The predicted molar refractivity (Wildman–Crippen MR) is 93.9 cm³/mol. The standard InChI is InChI=1S/C12H32O3Si4/c1-11-12-19(13-16(2,3)4,14-17(5,6)7)15-18(8,9)10/h11-12H,1-10H3. The van der Waals surface area contributed by atoms with E-state index >= 15 is 0 Å². The molecule has 0 spiro atoms. The van der Waals surface area contributed by atoms with Crippen molar-refractivity contribution in [2.75, 3.05) is 0 Å². The quantitative estimate of drug-likeness (QED) is 0.636. The monoisotopic (exact) mass is 336 g/mol. The molecule has 0 rings (SSSR count). The molecule has 0 saturated carbocycles. The Kier molecular flexibility index (Phi) is 6.67. The molecular weight excluding hydrogens is 304 g/mol. The van der Waals surface area contributed by atoms with Gasteiger partial charge in [-0.1, -0.05) is 6.08 Å². The van der Waals surface area contributed by atoms with Gasteiger partial charge in [0.25, 0.3) is 0 Å². The van der Waals surface area contributed by atoms with Gasteiger partial charge in [0.2, 0.25) is 0 Å². The molecule has 0 saturated heterocycles. The first kappa shape index (κ1) is 19.5. The molecule has 0 aliphatic rings. The van der Waals surface area contributed by atoms with Gasteiger partial charge < -0.3 is 12.3 Å². The van der Waals surface area contributed by atoms with E-state index < -0.39 is 33.8 Å². The van der Waals surface area contributed by atoms with Crippen molar-refractivity contribution in [3.05, 3.63) is 11.8 Å². The Labute approximate surface area is 124 Å². The van der Waals surface area contributed by atoms with Crippen LogP contribution in [0.2, 0.25) is 58.9 Å². The van der Waals surface area contributed by atoms with E-state index in [0.29, 0.717) is 0 Å². The van der Waals surface area contributed by atoms with Gasteiger partial charge in [-0.05, 0) is 71.5 Å². The second kappa shape index (κ2) is 6.50. The van der Waals surface area contributed by atoms with Crippen molar-refractivity contribution in [2.24, 2.45) is 0 Å². The van der Waals surface area contributed by atoms with Crippen LogP contribution in [-0.2, 0) is 12.3 Å². The minimum atomic E-state index is -2.70. The summed E-state index contributed by atoms with van der Waals surface area (Å²) in [7, 11) is -7.87. The van der Waals surface area contributed by atoms with Gasteiger partial charge >= 0.3 is 8.80 Å². The average Bonchev–Trinajstić information content (AvgIpc) is 1.90. The molecule has 0 aromatic heterocycles. The summed E-state index contributed by atoms with van der Waals surface area (Å²) in [5, 5.41) is 0. The van der Waals surface area contributed by atoms with Gasteiger partial charge in [-0.3, -0.25) is 0 Å². The summed E-state index contributed by atoms with van der Waals surface area (Å²) in [5.74, 6) is 0. The van der Waals surface area contributed by atoms with E-state index in [1.54, 1.807) is 0 Å². The molecule has 0 heterocycles. The zero-order valence-corrected chi connectivity index (χ0v) is 18.4. The van der Waals surface area contributed by atoms with Gasteiger partial charge in [0.05, 0.1) is 0 Å². The highest BCUT2D eigenvalue weighted by Gasteiger charge is 2.48. The molecule has 114 valence electrons. The minimum absolute atomic E-state index is 1.72. The predicted octanol–water partition coefficient (Wildman–Crippen LogP) is 4.60. The lowest BCUT2D eigenvalue weighted by Gasteiger charge is -2.41. The molecule has 0 aliphatic carbocycles. The summed E-state index contributed by atoms with van der Waals surface area (Å²) < 4.78 is 19.3. The third-order valence-electron chi connectivity index (χ3n) is 1.72. The SMILES string of the molecule is CC=C[Si](O[Si](C)(C)C)(O[Si](C)(C)C)O[Si](C)(C)C. The van der Waals surface area contributed by atoms with Crippen molar-refractivity contribution in [3.8, 4) is 0 Å². The topological polar surface area (TPSA) is 27.7 Å². The van der Waals surface area contributed by atoms with E-state index in [-0.39, 0.29) is 0 Å². The fourth-order valence-electron chi connectivity index (χ4n) is 1.65. The van der Waals surface area contributed by atoms with E-state index in [1.165, 1.54) is 0 Å². The van der Waals surface area contributed by atoms with Crippen molar-refractivity contribution < 1.29 is 12.3 Å². The molecule has 7 heteroatoms. The van der Waals surface area contributed by atoms with Gasteiger partial charge in [0.15, 0.2) is 25.0 Å². The average molecular weight is 337 g/mol.